The van der Waals surface area contributed by atoms with Gasteiger partial charge in [0, 0.05) is 42.5 Å². The van der Waals surface area contributed by atoms with Crippen molar-refractivity contribution < 1.29 is 0 Å². The van der Waals surface area contributed by atoms with Gasteiger partial charge in [0.2, 0.25) is 0 Å². The summed E-state index contributed by atoms with van der Waals surface area (Å²) in [6.07, 6.45) is 0. The molecule has 8 aromatic carbocycles. The van der Waals surface area contributed by atoms with Crippen LogP contribution in [-0.4, -0.2) is 0 Å². The van der Waals surface area contributed by atoms with Gasteiger partial charge in [-0.05, 0) is 75.3 Å². The Morgan fingerprint density at radius 2 is 1.04 bits per heavy atom. The van der Waals surface area contributed by atoms with Crippen LogP contribution in [0.4, 0.5) is 17.1 Å². The normalized spacial score (nSPS) is 11.5. The Morgan fingerprint density at radius 3 is 1.85 bits per heavy atom. The average molecular weight is 604 g/mol. The summed E-state index contributed by atoms with van der Waals surface area (Å²) in [5.74, 6) is 0. The lowest BCUT2D eigenvalue weighted by molar-refractivity contribution is 1.29. The molecule has 0 bridgehead atoms. The predicted octanol–water partition coefficient (Wildman–Crippen LogP) is 13.2. The highest BCUT2D eigenvalue weighted by atomic mass is 32.1. The number of anilines is 3. The summed E-state index contributed by atoms with van der Waals surface area (Å²) in [5.41, 5.74) is 8.19. The molecule has 0 spiro atoms. The van der Waals surface area contributed by atoms with Gasteiger partial charge in [-0.3, -0.25) is 0 Å². The predicted molar refractivity (Wildman–Crippen MR) is 200 cm³/mol. The maximum absolute atomic E-state index is 2.42. The van der Waals surface area contributed by atoms with E-state index in [1.165, 1.54) is 64.0 Å². The van der Waals surface area contributed by atoms with Crippen molar-refractivity contribution in [2.24, 2.45) is 0 Å². The standard InChI is InChI=1S/C44H29NS/c1-4-12-30(13-5-1)34-24-27-41(39(28-34)31-14-6-2-7-15-31)45(35-16-8-3-9-17-35)36-25-22-32-20-21-33-23-26-38-37-18-10-11-19-42(37)46-44(38)43(33)40(32)29-36/h1-29H. The van der Waals surface area contributed by atoms with Crippen molar-refractivity contribution in [3.63, 3.8) is 0 Å². The van der Waals surface area contributed by atoms with Gasteiger partial charge in [-0.2, -0.15) is 0 Å². The third-order valence-corrected chi connectivity index (χ3v) is 10.2. The molecule has 0 radical (unpaired) electrons. The average Bonchev–Trinajstić information content (AvgIpc) is 3.52. The second kappa shape index (κ2) is 11.0. The van der Waals surface area contributed by atoms with E-state index in [-0.39, 0.29) is 0 Å². The van der Waals surface area contributed by atoms with Gasteiger partial charge >= 0.3 is 0 Å². The van der Waals surface area contributed by atoms with Gasteiger partial charge < -0.3 is 4.90 Å². The Balaban J connectivity index is 1.32. The number of fused-ring (bicyclic) bond motifs is 7. The molecule has 0 amide bonds. The first kappa shape index (κ1) is 26.7. The first-order valence-corrected chi connectivity index (χ1v) is 16.5. The summed E-state index contributed by atoms with van der Waals surface area (Å²) in [7, 11) is 0. The van der Waals surface area contributed by atoms with Crippen LogP contribution in [0.25, 0.3) is 64.0 Å². The Hall–Kier alpha value is -5.70. The molecule has 0 aliphatic heterocycles. The Kier molecular flexibility index (Phi) is 6.40. The topological polar surface area (TPSA) is 3.24 Å². The second-order valence-corrected chi connectivity index (χ2v) is 12.8. The molecule has 1 aromatic heterocycles. The van der Waals surface area contributed by atoms with Crippen molar-refractivity contribution in [1.29, 1.82) is 0 Å². The summed E-state index contributed by atoms with van der Waals surface area (Å²) < 4.78 is 2.68. The molecule has 0 aliphatic carbocycles. The summed E-state index contributed by atoms with van der Waals surface area (Å²) in [6, 6.07) is 63.9. The van der Waals surface area contributed by atoms with Gasteiger partial charge in [0.1, 0.15) is 0 Å². The highest BCUT2D eigenvalue weighted by Gasteiger charge is 2.19. The van der Waals surface area contributed by atoms with E-state index in [1.54, 1.807) is 0 Å². The molecule has 9 rings (SSSR count). The second-order valence-electron chi connectivity index (χ2n) is 11.7. The molecule has 0 saturated heterocycles. The van der Waals surface area contributed by atoms with Crippen molar-refractivity contribution in [1.82, 2.24) is 0 Å². The third kappa shape index (κ3) is 4.46. The molecule has 1 heterocycles. The maximum atomic E-state index is 2.42. The van der Waals surface area contributed by atoms with Gasteiger partial charge in [-0.1, -0.05) is 133 Å². The van der Waals surface area contributed by atoms with Gasteiger partial charge in [0.15, 0.2) is 0 Å². The molecule has 216 valence electrons. The summed E-state index contributed by atoms with van der Waals surface area (Å²) in [4.78, 5) is 2.42. The van der Waals surface area contributed by atoms with Crippen LogP contribution in [0.3, 0.4) is 0 Å². The Bertz CT molecular complexity index is 2510. The third-order valence-electron chi connectivity index (χ3n) is 9.03. The number of hydrogen-bond acceptors (Lipinski definition) is 2. The number of benzene rings is 8. The largest absolute Gasteiger partial charge is 0.310 e. The van der Waals surface area contributed by atoms with Crippen LogP contribution in [0.15, 0.2) is 176 Å². The molecule has 0 saturated carbocycles. The van der Waals surface area contributed by atoms with Crippen LogP contribution in [0, 0.1) is 0 Å². The first-order valence-electron chi connectivity index (χ1n) is 15.7. The number of rotatable bonds is 5. The summed E-state index contributed by atoms with van der Waals surface area (Å²) in [6.45, 7) is 0. The molecule has 0 N–H and O–H groups in total. The molecule has 0 atom stereocenters. The van der Waals surface area contributed by atoms with Gasteiger partial charge in [-0.25, -0.2) is 0 Å². The van der Waals surface area contributed by atoms with Crippen LogP contribution >= 0.6 is 11.3 Å². The summed E-state index contributed by atoms with van der Waals surface area (Å²) in [5, 5.41) is 7.77. The minimum absolute atomic E-state index is 1.12. The quantitative estimate of drug-likeness (QED) is 0.177. The fourth-order valence-corrected chi connectivity index (χ4v) is 8.11. The van der Waals surface area contributed by atoms with Crippen LogP contribution in [0.2, 0.25) is 0 Å². The Labute approximate surface area is 272 Å². The van der Waals surface area contributed by atoms with Crippen LogP contribution in [-0.2, 0) is 0 Å². The van der Waals surface area contributed by atoms with E-state index in [4.69, 9.17) is 0 Å². The van der Waals surface area contributed by atoms with E-state index in [0.29, 0.717) is 0 Å². The molecule has 0 aliphatic rings. The van der Waals surface area contributed by atoms with Gasteiger partial charge in [-0.15, -0.1) is 11.3 Å². The fourth-order valence-electron chi connectivity index (χ4n) is 6.84. The van der Waals surface area contributed by atoms with E-state index < -0.39 is 0 Å². The minimum Gasteiger partial charge on any atom is -0.310 e. The zero-order valence-electron chi connectivity index (χ0n) is 25.1. The molecule has 1 nitrogen and oxygen atoms in total. The van der Waals surface area contributed by atoms with Crippen molar-refractivity contribution in [3.8, 4) is 22.3 Å². The summed E-state index contributed by atoms with van der Waals surface area (Å²) >= 11 is 1.90. The fraction of sp³-hybridized carbons (Fsp3) is 0. The minimum atomic E-state index is 1.12. The number of nitrogens with zero attached hydrogens (tertiary/aromatic N) is 1. The van der Waals surface area contributed by atoms with Crippen LogP contribution in [0.1, 0.15) is 0 Å². The number of thiophene rings is 1. The van der Waals surface area contributed by atoms with Crippen molar-refractivity contribution in [2.75, 3.05) is 4.90 Å². The van der Waals surface area contributed by atoms with Gasteiger partial charge in [0.05, 0.1) is 5.69 Å². The Morgan fingerprint density at radius 1 is 0.391 bits per heavy atom. The molecule has 0 fully saturated rings. The SMILES string of the molecule is c1ccc(-c2ccc(N(c3ccccc3)c3ccc4ccc5ccc6c7ccccc7sc6c5c4c3)c(-c3ccccc3)c2)cc1. The molecule has 9 aromatic rings. The molecular formula is C44H29NS. The maximum Gasteiger partial charge on any atom is 0.0540 e. The smallest absolute Gasteiger partial charge is 0.0540 e. The lowest BCUT2D eigenvalue weighted by Crippen LogP contribution is -2.11. The van der Waals surface area contributed by atoms with Crippen LogP contribution < -0.4 is 4.90 Å². The molecule has 0 unspecified atom stereocenters. The van der Waals surface area contributed by atoms with Crippen molar-refractivity contribution in [3.05, 3.63) is 176 Å². The molecular weight excluding hydrogens is 575 g/mol. The van der Waals surface area contributed by atoms with E-state index in [2.05, 4.69) is 181 Å². The molecule has 2 heteroatoms. The zero-order chi connectivity index (χ0) is 30.5. The number of hydrogen-bond donors (Lipinski definition) is 0. The van der Waals surface area contributed by atoms with E-state index >= 15 is 0 Å². The van der Waals surface area contributed by atoms with Crippen molar-refractivity contribution >= 4 is 70.1 Å². The lowest BCUT2D eigenvalue weighted by Gasteiger charge is -2.29. The van der Waals surface area contributed by atoms with E-state index in [0.717, 1.165) is 17.1 Å². The monoisotopic (exact) mass is 603 g/mol. The highest BCUT2D eigenvalue weighted by Crippen LogP contribution is 2.45. The van der Waals surface area contributed by atoms with E-state index in [1.807, 2.05) is 11.3 Å². The van der Waals surface area contributed by atoms with Crippen LogP contribution in [0.5, 0.6) is 0 Å². The first-order chi connectivity index (χ1) is 22.8. The lowest BCUT2D eigenvalue weighted by atomic mass is 9.95. The molecule has 46 heavy (non-hydrogen) atoms. The van der Waals surface area contributed by atoms with Crippen molar-refractivity contribution in [2.45, 2.75) is 0 Å². The number of para-hydroxylation sites is 1. The van der Waals surface area contributed by atoms with E-state index in [9.17, 15) is 0 Å². The highest BCUT2D eigenvalue weighted by molar-refractivity contribution is 7.26. The van der Waals surface area contributed by atoms with Gasteiger partial charge in [0.25, 0.3) is 0 Å². The zero-order valence-corrected chi connectivity index (χ0v) is 25.9.